The number of carboxylic acids is 1. The Bertz CT molecular complexity index is 1970. The van der Waals surface area contributed by atoms with Gasteiger partial charge in [0.2, 0.25) is 15.9 Å². The highest BCUT2D eigenvalue weighted by molar-refractivity contribution is 7.89. The SMILES string of the molecule is CCOc1cc(C(Nc2ccc3c(N)nccc3c2)C(=O)NCc2ccccc2S(=O)(=O)N2CCOCC2)ccc1OC(C)C.O=C(O)C(F)(F)F. The van der Waals surface area contributed by atoms with Crippen molar-refractivity contribution in [3.05, 3.63) is 84.1 Å². The lowest BCUT2D eigenvalue weighted by molar-refractivity contribution is -0.192. The minimum Gasteiger partial charge on any atom is -0.490 e. The van der Waals surface area contributed by atoms with Gasteiger partial charge in [0.1, 0.15) is 11.9 Å². The van der Waals surface area contributed by atoms with Crippen LogP contribution in [0, 0.1) is 0 Å². The number of nitrogen functional groups attached to an aromatic ring is 1. The first-order valence-corrected chi connectivity index (χ1v) is 17.6. The summed E-state index contributed by atoms with van der Waals surface area (Å²) in [5.74, 6) is -1.61. The van der Waals surface area contributed by atoms with Crippen LogP contribution in [-0.4, -0.2) is 79.9 Å². The number of sulfonamides is 1. The Labute approximate surface area is 298 Å². The molecule has 0 saturated carbocycles. The van der Waals surface area contributed by atoms with Gasteiger partial charge in [0, 0.05) is 36.9 Å². The van der Waals surface area contributed by atoms with Gasteiger partial charge in [-0.25, -0.2) is 18.2 Å². The van der Waals surface area contributed by atoms with Crippen molar-refractivity contribution in [2.45, 2.75) is 50.5 Å². The van der Waals surface area contributed by atoms with Crippen molar-refractivity contribution < 1.29 is 50.5 Å². The molecule has 0 radical (unpaired) electrons. The van der Waals surface area contributed by atoms with E-state index in [0.717, 1.165) is 10.8 Å². The first kappa shape index (κ1) is 39.7. The molecule has 1 aromatic heterocycles. The number of halogens is 3. The number of nitrogens with one attached hydrogen (secondary N) is 2. The van der Waals surface area contributed by atoms with Gasteiger partial charge in [-0.15, -0.1) is 0 Å². The number of hydrogen-bond donors (Lipinski definition) is 4. The van der Waals surface area contributed by atoms with Crippen molar-refractivity contribution >= 4 is 44.2 Å². The van der Waals surface area contributed by atoms with Crippen molar-refractivity contribution in [2.24, 2.45) is 0 Å². The molecule has 17 heteroatoms. The third-order valence-electron chi connectivity index (χ3n) is 7.59. The van der Waals surface area contributed by atoms with E-state index in [-0.39, 0.29) is 36.5 Å². The molecule has 1 aliphatic heterocycles. The van der Waals surface area contributed by atoms with Gasteiger partial charge in [-0.3, -0.25) is 4.79 Å². The van der Waals surface area contributed by atoms with Crippen molar-refractivity contribution in [3.8, 4) is 11.5 Å². The van der Waals surface area contributed by atoms with Crippen molar-refractivity contribution in [2.75, 3.05) is 44.0 Å². The average molecular weight is 748 g/mol. The Morgan fingerprint density at radius 2 is 1.73 bits per heavy atom. The average Bonchev–Trinajstić information content (AvgIpc) is 3.10. The first-order chi connectivity index (χ1) is 24.6. The number of nitrogens with zero attached hydrogens (tertiary/aromatic N) is 2. The van der Waals surface area contributed by atoms with E-state index in [1.807, 2.05) is 51.1 Å². The molecule has 0 bridgehead atoms. The molecule has 1 unspecified atom stereocenters. The van der Waals surface area contributed by atoms with E-state index in [0.29, 0.717) is 54.0 Å². The maximum absolute atomic E-state index is 14.0. The number of amides is 1. The van der Waals surface area contributed by atoms with E-state index in [1.54, 1.807) is 42.6 Å². The van der Waals surface area contributed by atoms with Crippen LogP contribution >= 0.6 is 0 Å². The van der Waals surface area contributed by atoms with Crippen LogP contribution in [0.2, 0.25) is 0 Å². The summed E-state index contributed by atoms with van der Waals surface area (Å²) in [6.07, 6.45) is -3.52. The number of morpholine rings is 1. The summed E-state index contributed by atoms with van der Waals surface area (Å²) in [5, 5.41) is 15.1. The third kappa shape index (κ3) is 10.2. The lowest BCUT2D eigenvalue weighted by Crippen LogP contribution is -2.41. The second-order valence-corrected chi connectivity index (χ2v) is 13.6. The number of nitrogens with two attached hydrogens (primary N) is 1. The van der Waals surface area contributed by atoms with Crippen LogP contribution in [0.15, 0.2) is 77.8 Å². The van der Waals surface area contributed by atoms with E-state index >= 15 is 0 Å². The monoisotopic (exact) mass is 747 g/mol. The van der Waals surface area contributed by atoms with Gasteiger partial charge in [0.25, 0.3) is 0 Å². The Morgan fingerprint density at radius 1 is 1.04 bits per heavy atom. The molecule has 0 aliphatic carbocycles. The fraction of sp³-hybridized carbons (Fsp3) is 0.343. The van der Waals surface area contributed by atoms with E-state index in [1.165, 1.54) is 4.31 Å². The van der Waals surface area contributed by atoms with Crippen LogP contribution < -0.4 is 25.8 Å². The normalized spacial score (nSPS) is 14.2. The quantitative estimate of drug-likeness (QED) is 0.151. The van der Waals surface area contributed by atoms with Crippen LogP contribution in [0.3, 0.4) is 0 Å². The van der Waals surface area contributed by atoms with E-state index in [4.69, 9.17) is 29.8 Å². The molecule has 1 saturated heterocycles. The van der Waals surface area contributed by atoms with Crippen LogP contribution in [0.1, 0.15) is 37.9 Å². The maximum Gasteiger partial charge on any atom is 0.490 e. The number of aromatic nitrogens is 1. The molecule has 5 N–H and O–H groups in total. The van der Waals surface area contributed by atoms with E-state index < -0.39 is 28.2 Å². The van der Waals surface area contributed by atoms with Gasteiger partial charge in [0.05, 0.1) is 30.8 Å². The number of hydrogen-bond acceptors (Lipinski definition) is 10. The highest BCUT2D eigenvalue weighted by Crippen LogP contribution is 2.34. The first-order valence-electron chi connectivity index (χ1n) is 16.2. The molecule has 1 aliphatic rings. The zero-order valence-electron chi connectivity index (χ0n) is 28.6. The van der Waals surface area contributed by atoms with Crippen molar-refractivity contribution in [1.82, 2.24) is 14.6 Å². The largest absolute Gasteiger partial charge is 0.490 e. The number of anilines is 2. The van der Waals surface area contributed by atoms with Crippen molar-refractivity contribution in [3.63, 3.8) is 0 Å². The maximum atomic E-state index is 14.0. The third-order valence-corrected chi connectivity index (χ3v) is 9.59. The molecule has 5 rings (SSSR count). The molecule has 13 nitrogen and oxygen atoms in total. The Balaban J connectivity index is 0.000000785. The summed E-state index contributed by atoms with van der Waals surface area (Å²) in [7, 11) is -3.77. The topological polar surface area (TPSA) is 182 Å². The molecule has 3 aromatic carbocycles. The minimum absolute atomic E-state index is 0.00351. The minimum atomic E-state index is -5.08. The number of aliphatic carboxylic acids is 1. The summed E-state index contributed by atoms with van der Waals surface area (Å²) in [6, 6.07) is 18.7. The molecule has 4 aromatic rings. The number of pyridine rings is 1. The van der Waals surface area contributed by atoms with Crippen LogP contribution in [0.25, 0.3) is 10.8 Å². The van der Waals surface area contributed by atoms with Gasteiger partial charge < -0.3 is 35.7 Å². The van der Waals surface area contributed by atoms with Gasteiger partial charge in [-0.2, -0.15) is 17.5 Å². The highest BCUT2D eigenvalue weighted by atomic mass is 32.2. The zero-order chi connectivity index (χ0) is 38.1. The number of alkyl halides is 3. The van der Waals surface area contributed by atoms with E-state index in [9.17, 15) is 26.4 Å². The van der Waals surface area contributed by atoms with E-state index in [2.05, 4.69) is 15.6 Å². The second kappa shape index (κ2) is 17.4. The Morgan fingerprint density at radius 3 is 2.38 bits per heavy atom. The molecule has 2 heterocycles. The fourth-order valence-corrected chi connectivity index (χ4v) is 6.82. The Kier molecular flexibility index (Phi) is 13.3. The number of carbonyl (C=O) groups excluding carboxylic acids is 1. The molecule has 52 heavy (non-hydrogen) atoms. The number of rotatable bonds is 12. The summed E-state index contributed by atoms with van der Waals surface area (Å²) < 4.78 is 77.3. The predicted octanol–water partition coefficient (Wildman–Crippen LogP) is 5.13. The summed E-state index contributed by atoms with van der Waals surface area (Å²) in [6.45, 7) is 7.40. The zero-order valence-corrected chi connectivity index (χ0v) is 29.5. The molecular weight excluding hydrogens is 707 g/mol. The number of fused-ring (bicyclic) bond motifs is 1. The van der Waals surface area contributed by atoms with Crippen LogP contribution in [0.5, 0.6) is 11.5 Å². The summed E-state index contributed by atoms with van der Waals surface area (Å²) >= 11 is 0. The summed E-state index contributed by atoms with van der Waals surface area (Å²) in [5.41, 5.74) is 7.86. The lowest BCUT2D eigenvalue weighted by atomic mass is 10.0. The number of carboxylic acid groups (broad SMARTS) is 1. The highest BCUT2D eigenvalue weighted by Gasteiger charge is 2.38. The smallest absolute Gasteiger partial charge is 0.490 e. The summed E-state index contributed by atoms with van der Waals surface area (Å²) in [4.78, 5) is 27.2. The van der Waals surface area contributed by atoms with Crippen LogP contribution in [-0.2, 0) is 30.9 Å². The molecule has 1 fully saturated rings. The number of ether oxygens (including phenoxy) is 3. The number of carbonyl (C=O) groups is 2. The number of benzene rings is 3. The lowest BCUT2D eigenvalue weighted by Gasteiger charge is -2.27. The molecule has 280 valence electrons. The van der Waals surface area contributed by atoms with Gasteiger partial charge in [-0.05, 0) is 79.7 Å². The van der Waals surface area contributed by atoms with Gasteiger partial charge >= 0.3 is 12.1 Å². The van der Waals surface area contributed by atoms with Crippen molar-refractivity contribution in [1.29, 1.82) is 0 Å². The Hall–Kier alpha value is -5.13. The second-order valence-electron chi connectivity index (χ2n) is 11.7. The standard InChI is InChI=1S/C33H39N5O6S.C2HF3O2/c1-4-43-29-20-24(9-12-28(29)44-22(2)3)31(37-26-10-11-27-23(19-26)13-14-35-32(27)34)33(39)36-21-25-7-5-6-8-30(25)45(40,41)38-15-17-42-18-16-38;3-2(4,5)1(6)7/h5-14,19-20,22,31,37H,4,15-18,21H2,1-3H3,(H2,34,35)(H,36,39);(H,6,7). The molecule has 1 atom stereocenters. The van der Waals surface area contributed by atoms with Crippen LogP contribution in [0.4, 0.5) is 24.7 Å². The fourth-order valence-electron chi connectivity index (χ4n) is 5.19. The molecular formula is C35H40F3N5O8S. The predicted molar refractivity (Wildman–Crippen MR) is 187 cm³/mol. The van der Waals surface area contributed by atoms with Gasteiger partial charge in [-0.1, -0.05) is 24.3 Å². The molecule has 0 spiro atoms. The van der Waals surface area contributed by atoms with Gasteiger partial charge in [0.15, 0.2) is 11.5 Å². The molecule has 1 amide bonds.